The Bertz CT molecular complexity index is 758. The van der Waals surface area contributed by atoms with E-state index in [0.717, 1.165) is 25.9 Å². The molecule has 1 unspecified atom stereocenters. The average Bonchev–Trinajstić information content (AvgIpc) is 3.07. The minimum Gasteiger partial charge on any atom is -0.477 e. The Kier molecular flexibility index (Phi) is 4.58. The van der Waals surface area contributed by atoms with Gasteiger partial charge in [-0.15, -0.1) is 0 Å². The van der Waals surface area contributed by atoms with Crippen molar-refractivity contribution in [2.24, 2.45) is 5.92 Å². The summed E-state index contributed by atoms with van der Waals surface area (Å²) in [5.41, 5.74) is 0.145. The molecule has 138 valence electrons. The number of carbonyl (C=O) groups is 1. The number of nitrogens with zero attached hydrogens (tertiary/aromatic N) is 4. The van der Waals surface area contributed by atoms with Crippen LogP contribution in [0.1, 0.15) is 35.5 Å². The molecule has 2 saturated heterocycles. The normalized spacial score (nSPS) is 21.4. The van der Waals surface area contributed by atoms with Gasteiger partial charge in [0, 0.05) is 25.1 Å². The summed E-state index contributed by atoms with van der Waals surface area (Å²) in [4.78, 5) is 22.3. The fourth-order valence-corrected chi connectivity index (χ4v) is 3.71. The molecule has 2 aliphatic heterocycles. The van der Waals surface area contributed by atoms with Crippen LogP contribution in [0.15, 0.2) is 29.2 Å². The van der Waals surface area contributed by atoms with Crippen molar-refractivity contribution in [2.45, 2.75) is 31.8 Å². The topological polar surface area (TPSA) is 90.6 Å². The lowest BCUT2D eigenvalue weighted by molar-refractivity contribution is -0.167. The summed E-state index contributed by atoms with van der Waals surface area (Å²) in [6, 6.07) is 1.67. The van der Waals surface area contributed by atoms with Gasteiger partial charge in [-0.3, -0.25) is 9.78 Å². The van der Waals surface area contributed by atoms with Gasteiger partial charge in [0.15, 0.2) is 5.69 Å². The second-order valence-corrected chi connectivity index (χ2v) is 7.06. The Morgan fingerprint density at radius 1 is 1.42 bits per heavy atom. The molecule has 1 amide bonds. The van der Waals surface area contributed by atoms with Crippen LogP contribution in [0.25, 0.3) is 0 Å². The van der Waals surface area contributed by atoms with Crippen LogP contribution >= 0.6 is 0 Å². The van der Waals surface area contributed by atoms with Crippen molar-refractivity contribution in [3.05, 3.63) is 36.1 Å². The quantitative estimate of drug-likeness (QED) is 0.806. The van der Waals surface area contributed by atoms with Crippen LogP contribution in [-0.4, -0.2) is 57.8 Å². The second-order valence-electron chi connectivity index (χ2n) is 7.06. The zero-order valence-electron chi connectivity index (χ0n) is 14.8. The first kappa shape index (κ1) is 17.0. The van der Waals surface area contributed by atoms with Crippen molar-refractivity contribution >= 4 is 5.91 Å². The Balaban J connectivity index is 1.26. The number of aromatic nitrogens is 3. The molecule has 1 spiro atoms. The highest BCUT2D eigenvalue weighted by Gasteiger charge is 2.49. The van der Waals surface area contributed by atoms with Crippen LogP contribution in [0, 0.1) is 12.8 Å². The SMILES string of the molecule is Cc1cc(C(=O)N2CC3(CC(CCOc4cnccn4)CCO3)C2)no1. The smallest absolute Gasteiger partial charge is 0.276 e. The predicted molar refractivity (Wildman–Crippen MR) is 90.7 cm³/mol. The van der Waals surface area contributed by atoms with Gasteiger partial charge in [0.2, 0.25) is 5.88 Å². The third-order valence-corrected chi connectivity index (χ3v) is 5.00. The highest BCUT2D eigenvalue weighted by molar-refractivity contribution is 5.93. The molecule has 8 nitrogen and oxygen atoms in total. The van der Waals surface area contributed by atoms with Gasteiger partial charge in [-0.1, -0.05) is 5.16 Å². The van der Waals surface area contributed by atoms with Gasteiger partial charge < -0.3 is 18.9 Å². The first-order valence-corrected chi connectivity index (χ1v) is 8.89. The first-order chi connectivity index (χ1) is 12.6. The van der Waals surface area contributed by atoms with Gasteiger partial charge in [-0.2, -0.15) is 0 Å². The summed E-state index contributed by atoms with van der Waals surface area (Å²) >= 11 is 0. The lowest BCUT2D eigenvalue weighted by Gasteiger charge is -2.53. The fraction of sp³-hybridized carbons (Fsp3) is 0.556. The standard InChI is InChI=1S/C18H22N4O4/c1-13-8-15(21-26-13)17(23)22-11-18(12-22)9-14(3-7-25-18)2-6-24-16-10-19-4-5-20-16/h4-5,8,10,14H,2-3,6-7,9,11-12H2,1H3. The van der Waals surface area contributed by atoms with Crippen molar-refractivity contribution in [2.75, 3.05) is 26.3 Å². The lowest BCUT2D eigenvalue weighted by atomic mass is 9.79. The van der Waals surface area contributed by atoms with E-state index in [-0.39, 0.29) is 11.5 Å². The van der Waals surface area contributed by atoms with Crippen molar-refractivity contribution in [1.82, 2.24) is 20.0 Å². The van der Waals surface area contributed by atoms with E-state index in [0.29, 0.717) is 42.9 Å². The lowest BCUT2D eigenvalue weighted by Crippen LogP contribution is -2.66. The highest BCUT2D eigenvalue weighted by Crippen LogP contribution is 2.38. The number of ether oxygens (including phenoxy) is 2. The molecule has 0 aromatic carbocycles. The van der Waals surface area contributed by atoms with Crippen LogP contribution in [0.4, 0.5) is 0 Å². The molecular weight excluding hydrogens is 336 g/mol. The Morgan fingerprint density at radius 2 is 2.31 bits per heavy atom. The van der Waals surface area contributed by atoms with Gasteiger partial charge in [-0.05, 0) is 32.1 Å². The highest BCUT2D eigenvalue weighted by atomic mass is 16.5. The van der Waals surface area contributed by atoms with Crippen LogP contribution < -0.4 is 4.74 Å². The van der Waals surface area contributed by atoms with Crippen molar-refractivity contribution in [3.8, 4) is 5.88 Å². The second kappa shape index (κ2) is 7.03. The molecule has 0 bridgehead atoms. The summed E-state index contributed by atoms with van der Waals surface area (Å²) in [5.74, 6) is 1.62. The van der Waals surface area contributed by atoms with E-state index in [9.17, 15) is 4.79 Å². The first-order valence-electron chi connectivity index (χ1n) is 8.89. The van der Waals surface area contributed by atoms with Crippen LogP contribution in [0.2, 0.25) is 0 Å². The number of likely N-dealkylation sites (tertiary alicyclic amines) is 1. The minimum atomic E-state index is -0.218. The maximum atomic E-state index is 12.4. The summed E-state index contributed by atoms with van der Waals surface area (Å²) in [6.07, 6.45) is 7.76. The zero-order chi connectivity index (χ0) is 18.0. The molecule has 8 heteroatoms. The molecule has 1 atom stereocenters. The van der Waals surface area contributed by atoms with E-state index in [4.69, 9.17) is 14.0 Å². The molecule has 4 rings (SSSR count). The van der Waals surface area contributed by atoms with Gasteiger partial charge in [0.25, 0.3) is 5.91 Å². The Hall–Kier alpha value is -2.48. The number of hydrogen-bond acceptors (Lipinski definition) is 7. The molecule has 0 aliphatic carbocycles. The molecule has 2 aromatic rings. The molecule has 0 saturated carbocycles. The predicted octanol–water partition coefficient (Wildman–Crippen LogP) is 1.86. The number of aryl methyl sites for hydroxylation is 1. The minimum absolute atomic E-state index is 0.0933. The molecule has 26 heavy (non-hydrogen) atoms. The Morgan fingerprint density at radius 3 is 3.04 bits per heavy atom. The maximum Gasteiger partial charge on any atom is 0.276 e. The molecule has 4 heterocycles. The summed E-state index contributed by atoms with van der Waals surface area (Å²) in [6.45, 7) is 4.33. The van der Waals surface area contributed by atoms with Crippen molar-refractivity contribution < 1.29 is 18.8 Å². The van der Waals surface area contributed by atoms with E-state index < -0.39 is 0 Å². The zero-order valence-corrected chi connectivity index (χ0v) is 14.8. The van der Waals surface area contributed by atoms with Crippen molar-refractivity contribution in [3.63, 3.8) is 0 Å². The number of amides is 1. The largest absolute Gasteiger partial charge is 0.477 e. The van der Waals surface area contributed by atoms with Gasteiger partial charge in [0.05, 0.1) is 25.9 Å². The van der Waals surface area contributed by atoms with E-state index in [1.807, 2.05) is 0 Å². The van der Waals surface area contributed by atoms with Gasteiger partial charge in [0.1, 0.15) is 11.4 Å². The van der Waals surface area contributed by atoms with E-state index in [1.54, 1.807) is 36.5 Å². The van der Waals surface area contributed by atoms with E-state index in [1.165, 1.54) is 0 Å². The summed E-state index contributed by atoms with van der Waals surface area (Å²) < 4.78 is 16.7. The molecule has 2 aromatic heterocycles. The van der Waals surface area contributed by atoms with Crippen molar-refractivity contribution in [1.29, 1.82) is 0 Å². The Labute approximate surface area is 151 Å². The molecule has 2 aliphatic rings. The van der Waals surface area contributed by atoms with E-state index in [2.05, 4.69) is 15.1 Å². The molecular formula is C18H22N4O4. The maximum absolute atomic E-state index is 12.4. The van der Waals surface area contributed by atoms with Gasteiger partial charge >= 0.3 is 0 Å². The fourth-order valence-electron chi connectivity index (χ4n) is 3.71. The summed E-state index contributed by atoms with van der Waals surface area (Å²) in [5, 5.41) is 3.80. The van der Waals surface area contributed by atoms with Crippen LogP contribution in [0.5, 0.6) is 5.88 Å². The van der Waals surface area contributed by atoms with Crippen LogP contribution in [0.3, 0.4) is 0 Å². The third kappa shape index (κ3) is 3.55. The molecule has 0 radical (unpaired) electrons. The summed E-state index contributed by atoms with van der Waals surface area (Å²) in [7, 11) is 0. The number of hydrogen-bond donors (Lipinski definition) is 0. The van der Waals surface area contributed by atoms with Gasteiger partial charge in [-0.25, -0.2) is 4.98 Å². The van der Waals surface area contributed by atoms with E-state index >= 15 is 0 Å². The van der Waals surface area contributed by atoms with Crippen LogP contribution in [-0.2, 0) is 4.74 Å². The number of carbonyl (C=O) groups excluding carboxylic acids is 1. The molecule has 0 N–H and O–H groups in total. The number of rotatable bonds is 5. The average molecular weight is 358 g/mol. The molecule has 2 fully saturated rings. The third-order valence-electron chi connectivity index (χ3n) is 5.00. The monoisotopic (exact) mass is 358 g/mol.